The van der Waals surface area contributed by atoms with Crippen molar-refractivity contribution >= 4 is 17.7 Å². The van der Waals surface area contributed by atoms with Crippen molar-refractivity contribution in [3.8, 4) is 11.4 Å². The number of aryl methyl sites for hydroxylation is 1. The fourth-order valence-electron chi connectivity index (χ4n) is 3.31. The molecular weight excluding hydrogens is 356 g/mol. The van der Waals surface area contributed by atoms with Crippen molar-refractivity contribution < 1.29 is 4.79 Å². The van der Waals surface area contributed by atoms with Crippen LogP contribution in [-0.2, 0) is 11.8 Å². The monoisotopic (exact) mass is 384 g/mol. The molecule has 1 aromatic carbocycles. The summed E-state index contributed by atoms with van der Waals surface area (Å²) in [6, 6.07) is 8.13. The van der Waals surface area contributed by atoms with Crippen LogP contribution in [0.25, 0.3) is 11.4 Å². The number of carbonyl (C=O) groups is 1. The number of allylic oxidation sites excluding steroid dienone is 1. The zero-order valence-electron chi connectivity index (χ0n) is 16.4. The minimum Gasteiger partial charge on any atom is -0.355 e. The number of aromatic nitrogens is 3. The third-order valence-corrected chi connectivity index (χ3v) is 6.14. The molecule has 27 heavy (non-hydrogen) atoms. The molecule has 0 radical (unpaired) electrons. The van der Waals surface area contributed by atoms with E-state index in [1.54, 1.807) is 0 Å². The average molecular weight is 385 g/mol. The molecule has 0 fully saturated rings. The molecule has 1 heterocycles. The summed E-state index contributed by atoms with van der Waals surface area (Å²) in [5, 5.41) is 12.2. The summed E-state index contributed by atoms with van der Waals surface area (Å²) in [6.45, 7) is 4.69. The summed E-state index contributed by atoms with van der Waals surface area (Å²) in [5.74, 6) is 0.879. The molecule has 1 amide bonds. The first kappa shape index (κ1) is 19.7. The molecule has 0 saturated heterocycles. The number of thioether (sulfide) groups is 1. The maximum absolute atomic E-state index is 12.4. The molecule has 1 N–H and O–H groups in total. The lowest BCUT2D eigenvalue weighted by atomic mass is 9.97. The highest BCUT2D eigenvalue weighted by atomic mass is 32.2. The Labute approximate surface area is 165 Å². The van der Waals surface area contributed by atoms with E-state index in [2.05, 4.69) is 34.6 Å². The first-order chi connectivity index (χ1) is 13.1. The molecule has 6 heteroatoms. The summed E-state index contributed by atoms with van der Waals surface area (Å²) >= 11 is 1.45. The molecular formula is C21H28N4OS. The fourth-order valence-corrected chi connectivity index (χ4v) is 4.15. The topological polar surface area (TPSA) is 59.8 Å². The van der Waals surface area contributed by atoms with Crippen LogP contribution in [0.3, 0.4) is 0 Å². The van der Waals surface area contributed by atoms with E-state index >= 15 is 0 Å². The van der Waals surface area contributed by atoms with Crippen molar-refractivity contribution in [3.63, 3.8) is 0 Å². The molecule has 0 saturated carbocycles. The predicted octanol–water partition coefficient (Wildman–Crippen LogP) is 4.28. The van der Waals surface area contributed by atoms with E-state index in [0.717, 1.165) is 28.5 Å². The van der Waals surface area contributed by atoms with Crippen molar-refractivity contribution in [1.82, 2.24) is 20.1 Å². The van der Waals surface area contributed by atoms with Crippen LogP contribution >= 0.6 is 11.8 Å². The van der Waals surface area contributed by atoms with E-state index < -0.39 is 0 Å². The minimum atomic E-state index is -0.210. The van der Waals surface area contributed by atoms with Gasteiger partial charge >= 0.3 is 0 Å². The number of rotatable bonds is 7. The number of benzene rings is 1. The Morgan fingerprint density at radius 3 is 2.85 bits per heavy atom. The highest BCUT2D eigenvalue weighted by Gasteiger charge is 2.19. The molecule has 0 spiro atoms. The van der Waals surface area contributed by atoms with Crippen LogP contribution in [0.5, 0.6) is 0 Å². The van der Waals surface area contributed by atoms with Crippen LogP contribution in [0.4, 0.5) is 0 Å². The van der Waals surface area contributed by atoms with Gasteiger partial charge in [-0.1, -0.05) is 47.7 Å². The Morgan fingerprint density at radius 1 is 1.30 bits per heavy atom. The lowest BCUT2D eigenvalue weighted by Crippen LogP contribution is -2.32. The van der Waals surface area contributed by atoms with Gasteiger partial charge in [0.05, 0.1) is 5.25 Å². The van der Waals surface area contributed by atoms with E-state index in [4.69, 9.17) is 0 Å². The highest BCUT2D eigenvalue weighted by molar-refractivity contribution is 8.00. The molecule has 1 atom stereocenters. The average Bonchev–Trinajstić information content (AvgIpc) is 3.03. The van der Waals surface area contributed by atoms with Crippen LogP contribution in [0.15, 0.2) is 41.1 Å². The Balaban J connectivity index is 1.56. The van der Waals surface area contributed by atoms with Gasteiger partial charge in [-0.2, -0.15) is 0 Å². The Bertz CT molecular complexity index is 827. The van der Waals surface area contributed by atoms with E-state index in [0.29, 0.717) is 6.54 Å². The van der Waals surface area contributed by atoms with Crippen LogP contribution in [0, 0.1) is 6.92 Å². The molecule has 0 bridgehead atoms. The molecule has 1 aliphatic rings. The SMILES string of the molecule is Cc1ccccc1-c1nnc(S[C@H](C)C(=O)NCCC2=CCCCC2)n1C. The molecule has 144 valence electrons. The molecule has 1 aliphatic carbocycles. The van der Waals surface area contributed by atoms with Crippen LogP contribution < -0.4 is 5.32 Å². The van der Waals surface area contributed by atoms with Gasteiger partial charge in [0.15, 0.2) is 11.0 Å². The summed E-state index contributed by atoms with van der Waals surface area (Å²) < 4.78 is 1.96. The second-order valence-electron chi connectivity index (χ2n) is 7.09. The van der Waals surface area contributed by atoms with Crippen LogP contribution in [0.2, 0.25) is 0 Å². The number of carbonyl (C=O) groups excluding carboxylic acids is 1. The normalized spacial score (nSPS) is 15.3. The molecule has 0 aliphatic heterocycles. The molecule has 5 nitrogen and oxygen atoms in total. The van der Waals surface area contributed by atoms with E-state index in [1.165, 1.54) is 43.0 Å². The Kier molecular flexibility index (Phi) is 6.72. The second-order valence-corrected chi connectivity index (χ2v) is 8.40. The summed E-state index contributed by atoms with van der Waals surface area (Å²) in [5.41, 5.74) is 3.71. The summed E-state index contributed by atoms with van der Waals surface area (Å²) in [7, 11) is 1.95. The van der Waals surface area contributed by atoms with Gasteiger partial charge in [0.1, 0.15) is 0 Å². The lowest BCUT2D eigenvalue weighted by Gasteiger charge is -2.15. The Morgan fingerprint density at radius 2 is 2.11 bits per heavy atom. The third-order valence-electron chi connectivity index (χ3n) is 5.00. The van der Waals surface area contributed by atoms with E-state index in [9.17, 15) is 4.79 Å². The Hall–Kier alpha value is -2.08. The van der Waals surface area contributed by atoms with Gasteiger partial charge in [-0.15, -0.1) is 10.2 Å². The summed E-state index contributed by atoms with van der Waals surface area (Å²) in [6.07, 6.45) is 8.24. The van der Waals surface area contributed by atoms with Gasteiger partial charge in [0, 0.05) is 19.2 Å². The van der Waals surface area contributed by atoms with Gasteiger partial charge in [0.25, 0.3) is 0 Å². The smallest absolute Gasteiger partial charge is 0.233 e. The van der Waals surface area contributed by atoms with Crippen molar-refractivity contribution in [2.24, 2.45) is 7.05 Å². The first-order valence-corrected chi connectivity index (χ1v) is 10.5. The fraction of sp³-hybridized carbons (Fsp3) is 0.476. The quantitative estimate of drug-likeness (QED) is 0.572. The maximum Gasteiger partial charge on any atom is 0.233 e. The zero-order valence-corrected chi connectivity index (χ0v) is 17.2. The lowest BCUT2D eigenvalue weighted by molar-refractivity contribution is -0.120. The summed E-state index contributed by atoms with van der Waals surface area (Å²) in [4.78, 5) is 12.4. The largest absolute Gasteiger partial charge is 0.355 e. The van der Waals surface area contributed by atoms with Crippen molar-refractivity contribution in [2.75, 3.05) is 6.54 Å². The zero-order chi connectivity index (χ0) is 19.2. The first-order valence-electron chi connectivity index (χ1n) is 9.64. The van der Waals surface area contributed by atoms with Gasteiger partial charge in [0.2, 0.25) is 5.91 Å². The van der Waals surface area contributed by atoms with Crippen LogP contribution in [0.1, 0.15) is 44.6 Å². The molecule has 2 aromatic rings. The van der Waals surface area contributed by atoms with Crippen molar-refractivity contribution in [2.45, 2.75) is 56.4 Å². The van der Waals surface area contributed by atoms with Gasteiger partial charge in [-0.3, -0.25) is 4.79 Å². The molecule has 1 aromatic heterocycles. The highest BCUT2D eigenvalue weighted by Crippen LogP contribution is 2.27. The number of hydrogen-bond donors (Lipinski definition) is 1. The standard InChI is InChI=1S/C21H28N4OS/c1-15-9-7-8-12-18(15)19-23-24-21(25(19)3)27-16(2)20(26)22-14-13-17-10-5-4-6-11-17/h7-10,12,16H,4-6,11,13-14H2,1-3H3,(H,22,26)/t16-/m1/s1. The van der Waals surface area contributed by atoms with E-state index in [-0.39, 0.29) is 11.2 Å². The van der Waals surface area contributed by atoms with Crippen LogP contribution in [-0.4, -0.2) is 32.5 Å². The number of amides is 1. The minimum absolute atomic E-state index is 0.0526. The molecule has 0 unspecified atom stereocenters. The molecule has 3 rings (SSSR count). The van der Waals surface area contributed by atoms with Crippen molar-refractivity contribution in [3.05, 3.63) is 41.5 Å². The third kappa shape index (κ3) is 5.01. The number of hydrogen-bond acceptors (Lipinski definition) is 4. The number of nitrogens with one attached hydrogen (secondary N) is 1. The predicted molar refractivity (Wildman–Crippen MR) is 111 cm³/mol. The second kappa shape index (κ2) is 9.22. The van der Waals surface area contributed by atoms with E-state index in [1.807, 2.05) is 36.7 Å². The van der Waals surface area contributed by atoms with Crippen molar-refractivity contribution in [1.29, 1.82) is 0 Å². The maximum atomic E-state index is 12.4. The van der Waals surface area contributed by atoms with Gasteiger partial charge in [-0.25, -0.2) is 0 Å². The number of nitrogens with zero attached hydrogens (tertiary/aromatic N) is 3. The van der Waals surface area contributed by atoms with Gasteiger partial charge < -0.3 is 9.88 Å². The van der Waals surface area contributed by atoms with Gasteiger partial charge in [-0.05, 0) is 51.5 Å².